The van der Waals surface area contributed by atoms with E-state index >= 15 is 0 Å². The van der Waals surface area contributed by atoms with E-state index < -0.39 is 0 Å². The fourth-order valence-corrected chi connectivity index (χ4v) is 3.15. The maximum atomic E-state index is 12.6. The number of hydrogen-bond acceptors (Lipinski definition) is 2. The Kier molecular flexibility index (Phi) is 3.09. The summed E-state index contributed by atoms with van der Waals surface area (Å²) in [4.78, 5) is 14.6. The molecule has 2 heterocycles. The van der Waals surface area contributed by atoms with Gasteiger partial charge in [0.25, 0.3) is 0 Å². The van der Waals surface area contributed by atoms with Crippen LogP contribution >= 0.6 is 0 Å². The van der Waals surface area contributed by atoms with Gasteiger partial charge in [0.2, 0.25) is 5.91 Å². The maximum absolute atomic E-state index is 12.6. The van der Waals surface area contributed by atoms with Gasteiger partial charge in [-0.15, -0.1) is 0 Å². The molecular weight excluding hydrogens is 236 g/mol. The highest BCUT2D eigenvalue weighted by Gasteiger charge is 2.35. The van der Waals surface area contributed by atoms with Gasteiger partial charge in [0.1, 0.15) is 0 Å². The van der Waals surface area contributed by atoms with Crippen molar-refractivity contribution >= 4 is 5.91 Å². The van der Waals surface area contributed by atoms with Gasteiger partial charge in [-0.25, -0.2) is 0 Å². The van der Waals surface area contributed by atoms with Crippen LogP contribution in [0.3, 0.4) is 0 Å². The zero-order chi connectivity index (χ0) is 13.5. The molecule has 3 rings (SSSR count). The van der Waals surface area contributed by atoms with Crippen molar-refractivity contribution in [2.75, 3.05) is 13.1 Å². The van der Waals surface area contributed by atoms with Crippen LogP contribution < -0.4 is 5.32 Å². The van der Waals surface area contributed by atoms with E-state index in [-0.39, 0.29) is 17.4 Å². The number of likely N-dealkylation sites (tertiary alicyclic amines) is 1. The third-order valence-corrected chi connectivity index (χ3v) is 4.37. The second-order valence-electron chi connectivity index (χ2n) is 6.58. The van der Waals surface area contributed by atoms with Gasteiger partial charge in [-0.3, -0.25) is 4.79 Å². The SMILES string of the molecule is CC1(C)CCN(C(=O)C2Cc3ccccc3CN2)C1. The molecule has 3 nitrogen and oxygen atoms in total. The first-order valence-corrected chi connectivity index (χ1v) is 7.14. The number of fused-ring (bicyclic) bond motifs is 1. The Balaban J connectivity index is 1.70. The minimum Gasteiger partial charge on any atom is -0.341 e. The Morgan fingerprint density at radius 3 is 2.74 bits per heavy atom. The van der Waals surface area contributed by atoms with E-state index in [0.717, 1.165) is 32.5 Å². The van der Waals surface area contributed by atoms with Crippen LogP contribution in [0.25, 0.3) is 0 Å². The summed E-state index contributed by atoms with van der Waals surface area (Å²) in [5.74, 6) is 0.278. The van der Waals surface area contributed by atoms with E-state index in [0.29, 0.717) is 0 Å². The van der Waals surface area contributed by atoms with E-state index in [2.05, 4.69) is 43.4 Å². The molecule has 0 radical (unpaired) electrons. The Hall–Kier alpha value is -1.35. The van der Waals surface area contributed by atoms with Crippen LogP contribution in [-0.2, 0) is 17.8 Å². The lowest BCUT2D eigenvalue weighted by Gasteiger charge is -2.29. The van der Waals surface area contributed by atoms with E-state index in [9.17, 15) is 4.79 Å². The lowest BCUT2D eigenvalue weighted by molar-refractivity contribution is -0.132. The van der Waals surface area contributed by atoms with Crippen LogP contribution in [0.5, 0.6) is 0 Å². The second-order valence-corrected chi connectivity index (χ2v) is 6.58. The molecule has 1 saturated heterocycles. The molecule has 0 aliphatic carbocycles. The first-order valence-electron chi connectivity index (χ1n) is 7.14. The molecule has 2 aliphatic heterocycles. The van der Waals surface area contributed by atoms with Gasteiger partial charge < -0.3 is 10.2 Å². The molecule has 1 aromatic carbocycles. The van der Waals surface area contributed by atoms with Crippen LogP contribution in [0.4, 0.5) is 0 Å². The first kappa shape index (κ1) is 12.7. The summed E-state index contributed by atoms with van der Waals surface area (Å²) in [5.41, 5.74) is 2.92. The quantitative estimate of drug-likeness (QED) is 0.835. The molecular formula is C16H22N2O. The first-order chi connectivity index (χ1) is 9.05. The maximum Gasteiger partial charge on any atom is 0.240 e. The van der Waals surface area contributed by atoms with Crippen LogP contribution in [0.1, 0.15) is 31.4 Å². The molecule has 0 spiro atoms. The zero-order valence-electron chi connectivity index (χ0n) is 11.8. The molecule has 1 aromatic rings. The Morgan fingerprint density at radius 2 is 2.05 bits per heavy atom. The van der Waals surface area contributed by atoms with E-state index in [4.69, 9.17) is 0 Å². The normalized spacial score (nSPS) is 25.2. The summed E-state index contributed by atoms with van der Waals surface area (Å²) in [6.45, 7) is 7.09. The Bertz CT molecular complexity index is 495. The zero-order valence-corrected chi connectivity index (χ0v) is 11.8. The molecule has 0 bridgehead atoms. The summed E-state index contributed by atoms with van der Waals surface area (Å²) in [7, 11) is 0. The highest BCUT2D eigenvalue weighted by Crippen LogP contribution is 2.29. The number of amides is 1. The van der Waals surface area contributed by atoms with Gasteiger partial charge >= 0.3 is 0 Å². The van der Waals surface area contributed by atoms with Crippen LogP contribution in [0, 0.1) is 5.41 Å². The van der Waals surface area contributed by atoms with E-state index in [1.54, 1.807) is 0 Å². The Morgan fingerprint density at radius 1 is 1.32 bits per heavy atom. The molecule has 1 atom stereocenters. The predicted molar refractivity (Wildman–Crippen MR) is 75.8 cm³/mol. The highest BCUT2D eigenvalue weighted by atomic mass is 16.2. The van der Waals surface area contributed by atoms with Gasteiger partial charge in [0, 0.05) is 19.6 Å². The van der Waals surface area contributed by atoms with E-state index in [1.807, 2.05) is 4.90 Å². The number of carbonyl (C=O) groups excluding carboxylic acids is 1. The van der Waals surface area contributed by atoms with Gasteiger partial charge in [-0.2, -0.15) is 0 Å². The average Bonchev–Trinajstić information content (AvgIpc) is 2.78. The minimum absolute atomic E-state index is 0.0381. The molecule has 0 aromatic heterocycles. The number of hydrogen-bond donors (Lipinski definition) is 1. The van der Waals surface area contributed by atoms with Crippen molar-refractivity contribution in [3.63, 3.8) is 0 Å². The molecule has 19 heavy (non-hydrogen) atoms. The number of nitrogens with one attached hydrogen (secondary N) is 1. The van der Waals surface area contributed by atoms with Gasteiger partial charge in [-0.1, -0.05) is 38.1 Å². The van der Waals surface area contributed by atoms with Crippen molar-refractivity contribution in [2.24, 2.45) is 5.41 Å². The molecule has 1 amide bonds. The summed E-state index contributed by atoms with van der Waals surface area (Å²) < 4.78 is 0. The van der Waals surface area contributed by atoms with Gasteiger partial charge in [0.05, 0.1) is 6.04 Å². The fraction of sp³-hybridized carbons (Fsp3) is 0.562. The molecule has 102 valence electrons. The summed E-state index contributed by atoms with van der Waals surface area (Å²) in [6.07, 6.45) is 1.94. The monoisotopic (exact) mass is 258 g/mol. The molecule has 1 unspecified atom stereocenters. The third kappa shape index (κ3) is 2.52. The topological polar surface area (TPSA) is 32.3 Å². The van der Waals surface area contributed by atoms with Gasteiger partial charge in [-0.05, 0) is 29.4 Å². The van der Waals surface area contributed by atoms with Crippen molar-refractivity contribution < 1.29 is 4.79 Å². The predicted octanol–water partition coefficient (Wildman–Crippen LogP) is 1.96. The summed E-state index contributed by atoms with van der Waals surface area (Å²) in [6, 6.07) is 8.37. The van der Waals surface area contributed by atoms with Crippen molar-refractivity contribution in [1.29, 1.82) is 0 Å². The van der Waals surface area contributed by atoms with Crippen molar-refractivity contribution in [3.8, 4) is 0 Å². The largest absolute Gasteiger partial charge is 0.341 e. The van der Waals surface area contributed by atoms with Gasteiger partial charge in [0.15, 0.2) is 0 Å². The molecule has 1 N–H and O–H groups in total. The third-order valence-electron chi connectivity index (χ3n) is 4.37. The molecule has 2 aliphatic rings. The summed E-state index contributed by atoms with van der Waals surface area (Å²) in [5, 5.41) is 3.39. The second kappa shape index (κ2) is 4.64. The van der Waals surface area contributed by atoms with Crippen molar-refractivity contribution in [2.45, 2.75) is 39.3 Å². The van der Waals surface area contributed by atoms with Crippen LogP contribution in [0.2, 0.25) is 0 Å². The lowest BCUT2D eigenvalue weighted by atomic mass is 9.93. The fourth-order valence-electron chi connectivity index (χ4n) is 3.15. The number of nitrogens with zero attached hydrogens (tertiary/aromatic N) is 1. The molecule has 3 heteroatoms. The number of rotatable bonds is 1. The molecule has 0 saturated carbocycles. The standard InChI is InChI=1S/C16H22N2O/c1-16(2)7-8-18(11-16)15(19)14-9-12-5-3-4-6-13(12)10-17-14/h3-6,14,17H,7-11H2,1-2H3. The van der Waals surface area contributed by atoms with Crippen LogP contribution in [0.15, 0.2) is 24.3 Å². The number of carbonyl (C=O) groups is 1. The van der Waals surface area contributed by atoms with Crippen molar-refractivity contribution in [3.05, 3.63) is 35.4 Å². The van der Waals surface area contributed by atoms with E-state index in [1.165, 1.54) is 11.1 Å². The highest BCUT2D eigenvalue weighted by molar-refractivity contribution is 5.83. The summed E-state index contributed by atoms with van der Waals surface area (Å²) >= 11 is 0. The average molecular weight is 258 g/mol. The van der Waals surface area contributed by atoms with Crippen LogP contribution in [-0.4, -0.2) is 29.9 Å². The lowest BCUT2D eigenvalue weighted by Crippen LogP contribution is -2.49. The minimum atomic E-state index is -0.0381. The number of benzene rings is 1. The molecule has 1 fully saturated rings. The van der Waals surface area contributed by atoms with Crippen molar-refractivity contribution in [1.82, 2.24) is 10.2 Å². The Labute approximate surface area is 115 Å². The smallest absolute Gasteiger partial charge is 0.240 e.